The number of methoxy groups -OCH3 is 1. The van der Waals surface area contributed by atoms with Gasteiger partial charge in [-0.3, -0.25) is 0 Å². The van der Waals surface area contributed by atoms with E-state index >= 15 is 0 Å². The van der Waals surface area contributed by atoms with E-state index in [9.17, 15) is 0 Å². The van der Waals surface area contributed by atoms with Gasteiger partial charge in [0.2, 0.25) is 5.88 Å². The third kappa shape index (κ3) is 3.20. The molecule has 0 bridgehead atoms. The minimum atomic E-state index is 0.564. The number of nitrogens with zero attached hydrogens (tertiary/aromatic N) is 2. The topological polar surface area (TPSA) is 47.0 Å². The zero-order chi connectivity index (χ0) is 12.8. The predicted molar refractivity (Wildman–Crippen MR) is 71.7 cm³/mol. The highest BCUT2D eigenvalue weighted by molar-refractivity contribution is 5.38. The van der Waals surface area contributed by atoms with Crippen molar-refractivity contribution in [2.75, 3.05) is 12.4 Å². The highest BCUT2D eigenvalue weighted by Crippen LogP contribution is 2.12. The number of aromatic nitrogens is 2. The first kappa shape index (κ1) is 12.4. The summed E-state index contributed by atoms with van der Waals surface area (Å²) in [6.07, 6.45) is 2.55. The summed E-state index contributed by atoms with van der Waals surface area (Å²) >= 11 is 0. The summed E-state index contributed by atoms with van der Waals surface area (Å²) in [4.78, 5) is 8.10. The SMILES string of the molecule is CCc1ccc(CNc2cc(OC)ncn2)cc1. The molecule has 0 fully saturated rings. The van der Waals surface area contributed by atoms with Gasteiger partial charge in [-0.25, -0.2) is 9.97 Å². The smallest absolute Gasteiger partial charge is 0.218 e. The summed E-state index contributed by atoms with van der Waals surface area (Å²) in [5, 5.41) is 3.24. The zero-order valence-corrected chi connectivity index (χ0v) is 10.7. The Kier molecular flexibility index (Phi) is 4.12. The molecule has 94 valence electrons. The van der Waals surface area contributed by atoms with Gasteiger partial charge in [-0.1, -0.05) is 31.2 Å². The summed E-state index contributed by atoms with van der Waals surface area (Å²) < 4.78 is 5.05. The monoisotopic (exact) mass is 243 g/mol. The first-order valence-corrected chi connectivity index (χ1v) is 5.99. The molecule has 1 aromatic heterocycles. The van der Waals surface area contributed by atoms with Crippen molar-refractivity contribution in [1.29, 1.82) is 0 Å². The normalized spacial score (nSPS) is 10.1. The summed E-state index contributed by atoms with van der Waals surface area (Å²) in [5.74, 6) is 1.33. The molecule has 0 saturated heterocycles. The van der Waals surface area contributed by atoms with Crippen molar-refractivity contribution < 1.29 is 4.74 Å². The van der Waals surface area contributed by atoms with Crippen molar-refractivity contribution in [2.24, 2.45) is 0 Å². The quantitative estimate of drug-likeness (QED) is 0.877. The number of hydrogen-bond acceptors (Lipinski definition) is 4. The second-order valence-electron chi connectivity index (χ2n) is 3.97. The fourth-order valence-corrected chi connectivity index (χ4v) is 1.63. The van der Waals surface area contributed by atoms with Gasteiger partial charge < -0.3 is 10.1 Å². The van der Waals surface area contributed by atoms with Crippen LogP contribution < -0.4 is 10.1 Å². The van der Waals surface area contributed by atoms with E-state index < -0.39 is 0 Å². The van der Waals surface area contributed by atoms with Crippen LogP contribution in [0.3, 0.4) is 0 Å². The number of aryl methyl sites for hydroxylation is 1. The Labute approximate surface area is 107 Å². The molecule has 2 aromatic rings. The average molecular weight is 243 g/mol. The molecule has 0 radical (unpaired) electrons. The number of ether oxygens (including phenoxy) is 1. The second kappa shape index (κ2) is 6.00. The van der Waals surface area contributed by atoms with Crippen LogP contribution in [0.5, 0.6) is 5.88 Å². The van der Waals surface area contributed by atoms with Crippen LogP contribution in [0.2, 0.25) is 0 Å². The minimum absolute atomic E-state index is 0.564. The van der Waals surface area contributed by atoms with E-state index in [4.69, 9.17) is 4.74 Å². The van der Waals surface area contributed by atoms with Crippen LogP contribution in [-0.4, -0.2) is 17.1 Å². The molecule has 1 aromatic carbocycles. The van der Waals surface area contributed by atoms with E-state index in [1.54, 1.807) is 13.2 Å². The molecule has 0 aliphatic heterocycles. The number of anilines is 1. The van der Waals surface area contributed by atoms with Crippen molar-refractivity contribution >= 4 is 5.82 Å². The third-order valence-corrected chi connectivity index (χ3v) is 2.76. The van der Waals surface area contributed by atoms with Crippen molar-refractivity contribution in [1.82, 2.24) is 9.97 Å². The Morgan fingerprint density at radius 3 is 2.50 bits per heavy atom. The van der Waals surface area contributed by atoms with E-state index in [1.165, 1.54) is 17.5 Å². The summed E-state index contributed by atoms with van der Waals surface area (Å²) in [5.41, 5.74) is 2.58. The highest BCUT2D eigenvalue weighted by Gasteiger charge is 1.98. The van der Waals surface area contributed by atoms with Crippen LogP contribution in [0.25, 0.3) is 0 Å². The molecule has 1 N–H and O–H groups in total. The van der Waals surface area contributed by atoms with Gasteiger partial charge in [-0.2, -0.15) is 0 Å². The Morgan fingerprint density at radius 1 is 1.11 bits per heavy atom. The molecule has 18 heavy (non-hydrogen) atoms. The minimum Gasteiger partial charge on any atom is -0.481 e. The average Bonchev–Trinajstić information content (AvgIpc) is 2.46. The lowest BCUT2D eigenvalue weighted by molar-refractivity contribution is 0.397. The third-order valence-electron chi connectivity index (χ3n) is 2.76. The molecule has 0 unspecified atom stereocenters. The van der Waals surface area contributed by atoms with E-state index in [2.05, 4.69) is 46.5 Å². The van der Waals surface area contributed by atoms with E-state index in [0.29, 0.717) is 5.88 Å². The number of benzene rings is 1. The van der Waals surface area contributed by atoms with Gasteiger partial charge in [0.15, 0.2) is 0 Å². The molecule has 4 nitrogen and oxygen atoms in total. The number of hydrogen-bond donors (Lipinski definition) is 1. The first-order chi connectivity index (χ1) is 8.81. The highest BCUT2D eigenvalue weighted by atomic mass is 16.5. The molecule has 1 heterocycles. The molecular formula is C14H17N3O. The van der Waals surface area contributed by atoms with Crippen LogP contribution in [0.4, 0.5) is 5.82 Å². The van der Waals surface area contributed by atoms with Gasteiger partial charge in [0, 0.05) is 12.6 Å². The summed E-state index contributed by atoms with van der Waals surface area (Å²) in [6.45, 7) is 2.89. The Bertz CT molecular complexity index is 497. The first-order valence-electron chi connectivity index (χ1n) is 5.99. The van der Waals surface area contributed by atoms with Crippen LogP contribution in [-0.2, 0) is 13.0 Å². The van der Waals surface area contributed by atoms with Crippen molar-refractivity contribution in [3.63, 3.8) is 0 Å². The zero-order valence-electron chi connectivity index (χ0n) is 10.7. The van der Waals surface area contributed by atoms with Gasteiger partial charge in [0.25, 0.3) is 0 Å². The standard InChI is InChI=1S/C14H17N3O/c1-3-11-4-6-12(7-5-11)9-15-13-8-14(18-2)17-10-16-13/h4-8,10H,3,9H2,1-2H3,(H,15,16,17). The second-order valence-corrected chi connectivity index (χ2v) is 3.97. The van der Waals surface area contributed by atoms with Crippen LogP contribution >= 0.6 is 0 Å². The number of nitrogens with one attached hydrogen (secondary N) is 1. The summed E-state index contributed by atoms with van der Waals surface area (Å²) in [7, 11) is 1.59. The van der Waals surface area contributed by atoms with Crippen molar-refractivity contribution in [2.45, 2.75) is 19.9 Å². The van der Waals surface area contributed by atoms with Crippen LogP contribution in [0.1, 0.15) is 18.1 Å². The van der Waals surface area contributed by atoms with Gasteiger partial charge in [-0.15, -0.1) is 0 Å². The van der Waals surface area contributed by atoms with Gasteiger partial charge in [-0.05, 0) is 17.5 Å². The van der Waals surface area contributed by atoms with Crippen molar-refractivity contribution in [3.8, 4) is 5.88 Å². The lowest BCUT2D eigenvalue weighted by atomic mass is 10.1. The summed E-state index contributed by atoms with van der Waals surface area (Å²) in [6, 6.07) is 10.3. The molecule has 0 saturated carbocycles. The van der Waals surface area contributed by atoms with E-state index in [1.807, 2.05) is 0 Å². The fourth-order valence-electron chi connectivity index (χ4n) is 1.63. The van der Waals surface area contributed by atoms with Crippen molar-refractivity contribution in [3.05, 3.63) is 47.8 Å². The molecule has 2 rings (SSSR count). The Hall–Kier alpha value is -2.10. The predicted octanol–water partition coefficient (Wildman–Crippen LogP) is 2.66. The Morgan fingerprint density at radius 2 is 1.83 bits per heavy atom. The maximum absolute atomic E-state index is 5.05. The molecule has 0 amide bonds. The largest absolute Gasteiger partial charge is 0.481 e. The molecule has 0 atom stereocenters. The van der Waals surface area contributed by atoms with Gasteiger partial charge >= 0.3 is 0 Å². The molecule has 4 heteroatoms. The maximum Gasteiger partial charge on any atom is 0.218 e. The van der Waals surface area contributed by atoms with Crippen LogP contribution in [0, 0.1) is 0 Å². The maximum atomic E-state index is 5.05. The lowest BCUT2D eigenvalue weighted by Crippen LogP contribution is -2.02. The lowest BCUT2D eigenvalue weighted by Gasteiger charge is -2.07. The van der Waals surface area contributed by atoms with E-state index in [-0.39, 0.29) is 0 Å². The molecular weight excluding hydrogens is 226 g/mol. The van der Waals surface area contributed by atoms with Crippen LogP contribution in [0.15, 0.2) is 36.7 Å². The van der Waals surface area contributed by atoms with Gasteiger partial charge in [0.1, 0.15) is 12.1 Å². The van der Waals surface area contributed by atoms with E-state index in [0.717, 1.165) is 18.8 Å². The molecule has 0 aliphatic carbocycles. The molecule has 0 spiro atoms. The fraction of sp³-hybridized carbons (Fsp3) is 0.286. The Balaban J connectivity index is 1.97. The number of rotatable bonds is 5. The van der Waals surface area contributed by atoms with Gasteiger partial charge in [0.05, 0.1) is 7.11 Å². The molecule has 0 aliphatic rings.